The van der Waals surface area contributed by atoms with Crippen molar-refractivity contribution in [1.29, 1.82) is 0 Å². The maximum Gasteiger partial charge on any atom is 0.319 e. The van der Waals surface area contributed by atoms with Crippen LogP contribution in [0.2, 0.25) is 0 Å². The van der Waals surface area contributed by atoms with Crippen molar-refractivity contribution < 1.29 is 13.9 Å². The third kappa shape index (κ3) is 2.55. The number of aromatic nitrogens is 4. The van der Waals surface area contributed by atoms with Crippen LogP contribution in [0.5, 0.6) is 0 Å². The van der Waals surface area contributed by atoms with Gasteiger partial charge in [0.2, 0.25) is 0 Å². The zero-order valence-electron chi connectivity index (χ0n) is 11.8. The number of thioether (sulfide) groups is 1. The molecule has 3 heterocycles. The standard InChI is InChI=1S/C15H11FN4O2S/c16-9-1-3-10(4-2-9)20-13-11(7-19-20)14(18-8-17-13)23-12-5-6-22-15(12)21/h1-4,7-8,12H,5-6H2/t12-/m1/s1. The Labute approximate surface area is 134 Å². The zero-order valence-corrected chi connectivity index (χ0v) is 12.7. The van der Waals surface area contributed by atoms with Gasteiger partial charge in [-0.15, -0.1) is 0 Å². The lowest BCUT2D eigenvalue weighted by molar-refractivity contribution is -0.137. The van der Waals surface area contributed by atoms with Crippen LogP contribution in [0.3, 0.4) is 0 Å². The Bertz CT molecular complexity index is 881. The van der Waals surface area contributed by atoms with Crippen molar-refractivity contribution in [2.24, 2.45) is 0 Å². The molecule has 1 saturated heterocycles. The largest absolute Gasteiger partial charge is 0.465 e. The van der Waals surface area contributed by atoms with Gasteiger partial charge >= 0.3 is 5.97 Å². The molecule has 8 heteroatoms. The summed E-state index contributed by atoms with van der Waals surface area (Å²) in [6, 6.07) is 6.00. The first-order chi connectivity index (χ1) is 11.2. The Morgan fingerprint density at radius 2 is 2.09 bits per heavy atom. The molecule has 0 saturated carbocycles. The Balaban J connectivity index is 1.74. The Kier molecular flexibility index (Phi) is 3.45. The fourth-order valence-corrected chi connectivity index (χ4v) is 3.43. The van der Waals surface area contributed by atoms with E-state index < -0.39 is 0 Å². The average Bonchev–Trinajstić information content (AvgIpc) is 3.16. The van der Waals surface area contributed by atoms with E-state index in [1.165, 1.54) is 30.2 Å². The Morgan fingerprint density at radius 3 is 2.83 bits per heavy atom. The van der Waals surface area contributed by atoms with Crippen LogP contribution in [0, 0.1) is 5.82 Å². The van der Waals surface area contributed by atoms with Gasteiger partial charge in [-0.2, -0.15) is 5.10 Å². The number of nitrogens with zero attached hydrogens (tertiary/aromatic N) is 4. The normalized spacial score (nSPS) is 17.6. The van der Waals surface area contributed by atoms with E-state index in [-0.39, 0.29) is 17.0 Å². The van der Waals surface area contributed by atoms with Crippen LogP contribution in [0.25, 0.3) is 16.7 Å². The predicted octanol–water partition coefficient (Wildman–Crippen LogP) is 2.36. The minimum Gasteiger partial charge on any atom is -0.465 e. The highest BCUT2D eigenvalue weighted by atomic mass is 32.2. The summed E-state index contributed by atoms with van der Waals surface area (Å²) in [5.41, 5.74) is 1.32. The lowest BCUT2D eigenvalue weighted by atomic mass is 10.3. The molecule has 1 fully saturated rings. The number of hydrogen-bond acceptors (Lipinski definition) is 6. The second-order valence-corrected chi connectivity index (χ2v) is 6.20. The number of rotatable bonds is 3. The third-order valence-corrected chi connectivity index (χ3v) is 4.80. The summed E-state index contributed by atoms with van der Waals surface area (Å²) in [5, 5.41) is 5.50. The first-order valence-electron chi connectivity index (χ1n) is 7.00. The average molecular weight is 330 g/mol. The first kappa shape index (κ1) is 14.1. The fraction of sp³-hybridized carbons (Fsp3) is 0.200. The second kappa shape index (κ2) is 5.62. The van der Waals surface area contributed by atoms with Crippen molar-refractivity contribution in [2.45, 2.75) is 16.7 Å². The smallest absolute Gasteiger partial charge is 0.319 e. The van der Waals surface area contributed by atoms with Crippen molar-refractivity contribution in [2.75, 3.05) is 6.61 Å². The molecule has 0 bridgehead atoms. The molecular weight excluding hydrogens is 319 g/mol. The molecule has 2 aromatic heterocycles. The molecule has 1 aliphatic rings. The van der Waals surface area contributed by atoms with E-state index >= 15 is 0 Å². The van der Waals surface area contributed by atoms with Crippen LogP contribution in [-0.2, 0) is 9.53 Å². The van der Waals surface area contributed by atoms with Gasteiger partial charge in [0.05, 0.1) is 23.9 Å². The van der Waals surface area contributed by atoms with Crippen molar-refractivity contribution in [3.05, 3.63) is 42.6 Å². The Hall–Kier alpha value is -2.48. The number of fused-ring (bicyclic) bond motifs is 1. The van der Waals surface area contributed by atoms with E-state index in [2.05, 4.69) is 15.1 Å². The summed E-state index contributed by atoms with van der Waals surface area (Å²) in [6.45, 7) is 0.444. The summed E-state index contributed by atoms with van der Waals surface area (Å²) in [6.07, 6.45) is 3.76. The molecule has 3 aromatic rings. The molecule has 4 rings (SSSR count). The molecule has 0 aliphatic carbocycles. The van der Waals surface area contributed by atoms with E-state index in [0.717, 1.165) is 5.39 Å². The van der Waals surface area contributed by atoms with Crippen LogP contribution < -0.4 is 0 Å². The van der Waals surface area contributed by atoms with Crippen molar-refractivity contribution in [3.8, 4) is 5.69 Å². The molecular formula is C15H11FN4O2S. The van der Waals surface area contributed by atoms with E-state index in [1.54, 1.807) is 23.0 Å². The van der Waals surface area contributed by atoms with Gasteiger partial charge in [-0.1, -0.05) is 11.8 Å². The number of ether oxygens (including phenoxy) is 1. The SMILES string of the molecule is O=C1OCC[C@H]1Sc1ncnc2c1cnn2-c1ccc(F)cc1. The van der Waals surface area contributed by atoms with Gasteiger partial charge < -0.3 is 4.74 Å². The van der Waals surface area contributed by atoms with Crippen LogP contribution in [0.15, 0.2) is 41.8 Å². The van der Waals surface area contributed by atoms with Crippen LogP contribution in [-0.4, -0.2) is 37.6 Å². The summed E-state index contributed by atoms with van der Waals surface area (Å²) < 4.78 is 19.7. The molecule has 0 unspecified atom stereocenters. The number of benzene rings is 1. The highest BCUT2D eigenvalue weighted by Gasteiger charge is 2.29. The number of esters is 1. The van der Waals surface area contributed by atoms with Gasteiger partial charge in [0, 0.05) is 6.42 Å². The highest BCUT2D eigenvalue weighted by Crippen LogP contribution is 2.32. The second-order valence-electron chi connectivity index (χ2n) is 5.01. The minimum absolute atomic E-state index is 0.215. The highest BCUT2D eigenvalue weighted by molar-refractivity contribution is 8.00. The fourth-order valence-electron chi connectivity index (χ4n) is 2.41. The topological polar surface area (TPSA) is 69.9 Å². The molecule has 0 radical (unpaired) electrons. The number of carbonyl (C=O) groups excluding carboxylic acids is 1. The number of hydrogen-bond donors (Lipinski definition) is 0. The lowest BCUT2D eigenvalue weighted by Gasteiger charge is -2.06. The molecule has 1 aromatic carbocycles. The van der Waals surface area contributed by atoms with Gasteiger partial charge in [0.25, 0.3) is 0 Å². The zero-order chi connectivity index (χ0) is 15.8. The predicted molar refractivity (Wildman–Crippen MR) is 81.8 cm³/mol. The summed E-state index contributed by atoms with van der Waals surface area (Å²) in [7, 11) is 0. The lowest BCUT2D eigenvalue weighted by Crippen LogP contribution is -2.09. The van der Waals surface area contributed by atoms with Gasteiger partial charge in [-0.25, -0.2) is 19.0 Å². The molecule has 1 aliphatic heterocycles. The molecule has 6 nitrogen and oxygen atoms in total. The quantitative estimate of drug-likeness (QED) is 0.542. The number of carbonyl (C=O) groups is 1. The van der Waals surface area contributed by atoms with E-state index in [4.69, 9.17) is 4.74 Å². The van der Waals surface area contributed by atoms with Crippen LogP contribution >= 0.6 is 11.8 Å². The molecule has 0 amide bonds. The first-order valence-corrected chi connectivity index (χ1v) is 7.88. The van der Waals surface area contributed by atoms with Gasteiger partial charge in [0.1, 0.15) is 22.4 Å². The molecule has 0 N–H and O–H groups in total. The maximum atomic E-state index is 13.1. The van der Waals surface area contributed by atoms with Crippen molar-refractivity contribution >= 4 is 28.8 Å². The van der Waals surface area contributed by atoms with Crippen molar-refractivity contribution in [3.63, 3.8) is 0 Å². The maximum absolute atomic E-state index is 13.1. The minimum atomic E-state index is -0.309. The van der Waals surface area contributed by atoms with Gasteiger partial charge in [-0.3, -0.25) is 4.79 Å². The van der Waals surface area contributed by atoms with Gasteiger partial charge in [-0.05, 0) is 24.3 Å². The molecule has 23 heavy (non-hydrogen) atoms. The number of cyclic esters (lactones) is 1. The van der Waals surface area contributed by atoms with E-state index in [0.29, 0.717) is 29.4 Å². The summed E-state index contributed by atoms with van der Waals surface area (Å²) >= 11 is 1.36. The van der Waals surface area contributed by atoms with E-state index in [9.17, 15) is 9.18 Å². The third-order valence-electron chi connectivity index (χ3n) is 3.54. The summed E-state index contributed by atoms with van der Waals surface area (Å²) in [4.78, 5) is 20.1. The van der Waals surface area contributed by atoms with Gasteiger partial charge in [0.15, 0.2) is 5.65 Å². The molecule has 116 valence electrons. The summed E-state index contributed by atoms with van der Waals surface area (Å²) in [5.74, 6) is -0.525. The van der Waals surface area contributed by atoms with E-state index in [1.807, 2.05) is 0 Å². The van der Waals surface area contributed by atoms with Crippen LogP contribution in [0.4, 0.5) is 4.39 Å². The van der Waals surface area contributed by atoms with Crippen molar-refractivity contribution in [1.82, 2.24) is 19.7 Å². The molecule has 0 spiro atoms. The van der Waals surface area contributed by atoms with Crippen LogP contribution in [0.1, 0.15) is 6.42 Å². The number of halogens is 1. The Morgan fingerprint density at radius 1 is 1.26 bits per heavy atom. The monoisotopic (exact) mass is 330 g/mol. The molecule has 1 atom stereocenters.